The van der Waals surface area contributed by atoms with E-state index < -0.39 is 0 Å². The molecule has 27 heavy (non-hydrogen) atoms. The quantitative estimate of drug-likeness (QED) is 0.402. The molecule has 2 aliphatic rings. The summed E-state index contributed by atoms with van der Waals surface area (Å²) in [7, 11) is 0. The Bertz CT molecular complexity index is 678. The molecule has 3 nitrogen and oxygen atoms in total. The van der Waals surface area contributed by atoms with E-state index >= 15 is 0 Å². The Kier molecular flexibility index (Phi) is 6.18. The Morgan fingerprint density at radius 2 is 1.93 bits per heavy atom. The van der Waals surface area contributed by atoms with Gasteiger partial charge in [0.25, 0.3) is 0 Å². The van der Waals surface area contributed by atoms with Crippen molar-refractivity contribution in [2.24, 2.45) is 29.1 Å². The molecular formula is C24H32O3. The summed E-state index contributed by atoms with van der Waals surface area (Å²) < 4.78 is 6.07. The van der Waals surface area contributed by atoms with Gasteiger partial charge in [0.1, 0.15) is 12.4 Å². The van der Waals surface area contributed by atoms with E-state index in [9.17, 15) is 9.59 Å². The third-order valence-electron chi connectivity index (χ3n) is 6.87. The first-order chi connectivity index (χ1) is 12.9. The summed E-state index contributed by atoms with van der Waals surface area (Å²) in [6, 6.07) is 9.77. The van der Waals surface area contributed by atoms with Gasteiger partial charge >= 0.3 is 5.97 Å². The van der Waals surface area contributed by atoms with Gasteiger partial charge in [-0.2, -0.15) is 0 Å². The summed E-state index contributed by atoms with van der Waals surface area (Å²) in [4.78, 5) is 24.5. The van der Waals surface area contributed by atoms with E-state index in [0.717, 1.165) is 44.0 Å². The molecule has 0 unspecified atom stereocenters. The van der Waals surface area contributed by atoms with E-state index in [1.54, 1.807) is 6.08 Å². The summed E-state index contributed by atoms with van der Waals surface area (Å²) in [5, 5.41) is 0. The van der Waals surface area contributed by atoms with Crippen LogP contribution in [-0.4, -0.2) is 18.4 Å². The van der Waals surface area contributed by atoms with Gasteiger partial charge in [-0.3, -0.25) is 0 Å². The summed E-state index contributed by atoms with van der Waals surface area (Å²) in [5.74, 6) is 0.589. The number of rotatable bonds is 5. The molecule has 0 saturated heterocycles. The molecule has 0 amide bonds. The zero-order valence-electron chi connectivity index (χ0n) is 16.8. The molecular weight excluding hydrogens is 336 g/mol. The highest BCUT2D eigenvalue weighted by Crippen LogP contribution is 2.55. The number of carbonyl (C=O) groups is 2. The molecule has 3 rings (SSSR count). The Morgan fingerprint density at radius 3 is 2.59 bits per heavy atom. The van der Waals surface area contributed by atoms with Crippen molar-refractivity contribution in [1.29, 1.82) is 0 Å². The summed E-state index contributed by atoms with van der Waals surface area (Å²) in [5.41, 5.74) is 1.08. The fourth-order valence-electron chi connectivity index (χ4n) is 5.39. The van der Waals surface area contributed by atoms with Crippen molar-refractivity contribution >= 4 is 18.3 Å². The average molecular weight is 369 g/mol. The van der Waals surface area contributed by atoms with Gasteiger partial charge < -0.3 is 9.53 Å². The van der Waals surface area contributed by atoms with Crippen molar-refractivity contribution < 1.29 is 14.3 Å². The van der Waals surface area contributed by atoms with E-state index in [-0.39, 0.29) is 29.3 Å². The number of hydrogen-bond donors (Lipinski definition) is 0. The van der Waals surface area contributed by atoms with Crippen molar-refractivity contribution in [2.45, 2.75) is 59.0 Å². The maximum absolute atomic E-state index is 12.6. The van der Waals surface area contributed by atoms with Crippen LogP contribution in [0.3, 0.4) is 0 Å². The van der Waals surface area contributed by atoms with E-state index in [4.69, 9.17) is 4.74 Å². The molecule has 2 saturated carbocycles. The SMILES string of the molecule is CC(C)[C@@H]1CC[C@@]2(C)CCC[C@H](C=O)[C@@H]2[C@H]1OC(=O)/C=C/c1ccccc1. The van der Waals surface area contributed by atoms with Gasteiger partial charge in [0.15, 0.2) is 0 Å². The number of fused-ring (bicyclic) bond motifs is 1. The maximum atomic E-state index is 12.6. The zero-order valence-corrected chi connectivity index (χ0v) is 16.8. The molecule has 5 atom stereocenters. The smallest absolute Gasteiger partial charge is 0.331 e. The number of esters is 1. The molecule has 0 aliphatic heterocycles. The molecule has 3 heteroatoms. The lowest BCUT2D eigenvalue weighted by molar-refractivity contribution is -0.172. The van der Waals surface area contributed by atoms with Gasteiger partial charge in [0, 0.05) is 17.9 Å². The highest BCUT2D eigenvalue weighted by atomic mass is 16.5. The fraction of sp³-hybridized carbons (Fsp3) is 0.583. The summed E-state index contributed by atoms with van der Waals surface area (Å²) in [6.45, 7) is 6.70. The van der Waals surface area contributed by atoms with E-state index in [1.807, 2.05) is 30.3 Å². The summed E-state index contributed by atoms with van der Waals surface area (Å²) >= 11 is 0. The van der Waals surface area contributed by atoms with E-state index in [2.05, 4.69) is 20.8 Å². The standard InChI is InChI=1S/C24H32O3/c1-17(2)20-13-15-24(3)14-7-10-19(16-25)22(24)23(20)27-21(26)12-11-18-8-5-4-6-9-18/h4-6,8-9,11-12,16-17,19-20,22-23H,7,10,13-15H2,1-3H3/b12-11+/t19-,20+,22-,23+,24-/m1/s1. The van der Waals surface area contributed by atoms with Gasteiger partial charge in [-0.15, -0.1) is 0 Å². The molecule has 0 heterocycles. The molecule has 0 spiro atoms. The van der Waals surface area contributed by atoms with Crippen molar-refractivity contribution in [3.05, 3.63) is 42.0 Å². The van der Waals surface area contributed by atoms with Gasteiger partial charge in [-0.05, 0) is 54.6 Å². The lowest BCUT2D eigenvalue weighted by Gasteiger charge is -2.54. The second-order valence-electron chi connectivity index (χ2n) is 8.96. The van der Waals surface area contributed by atoms with Crippen LogP contribution in [0, 0.1) is 29.1 Å². The zero-order chi connectivity index (χ0) is 19.4. The van der Waals surface area contributed by atoms with Crippen LogP contribution in [0.2, 0.25) is 0 Å². The monoisotopic (exact) mass is 368 g/mol. The highest BCUT2D eigenvalue weighted by Gasteiger charge is 2.53. The third-order valence-corrected chi connectivity index (χ3v) is 6.87. The fourth-order valence-corrected chi connectivity index (χ4v) is 5.39. The Morgan fingerprint density at radius 1 is 1.19 bits per heavy atom. The van der Waals surface area contributed by atoms with Gasteiger partial charge in [-0.25, -0.2) is 4.79 Å². The normalized spacial score (nSPS) is 33.6. The molecule has 0 radical (unpaired) electrons. The van der Waals surface area contributed by atoms with Crippen LogP contribution >= 0.6 is 0 Å². The second kappa shape index (κ2) is 8.41. The first-order valence-corrected chi connectivity index (χ1v) is 10.3. The van der Waals surface area contributed by atoms with E-state index in [0.29, 0.717) is 11.8 Å². The molecule has 0 N–H and O–H groups in total. The molecule has 2 fully saturated rings. The lowest BCUT2D eigenvalue weighted by atomic mass is 9.52. The first kappa shape index (κ1) is 19.9. The number of aldehydes is 1. The van der Waals surface area contributed by atoms with Crippen LogP contribution in [0.1, 0.15) is 58.4 Å². The predicted octanol–water partition coefficient (Wildman–Crippen LogP) is 5.30. The molecule has 146 valence electrons. The molecule has 1 aromatic carbocycles. The summed E-state index contributed by atoms with van der Waals surface area (Å²) in [6.07, 6.45) is 9.60. The average Bonchev–Trinajstić information content (AvgIpc) is 2.66. The van der Waals surface area contributed by atoms with Crippen LogP contribution in [-0.2, 0) is 14.3 Å². The second-order valence-corrected chi connectivity index (χ2v) is 8.96. The number of carbonyl (C=O) groups excluding carboxylic acids is 2. The molecule has 0 bridgehead atoms. The van der Waals surface area contributed by atoms with Crippen molar-refractivity contribution in [2.75, 3.05) is 0 Å². The van der Waals surface area contributed by atoms with E-state index in [1.165, 1.54) is 6.08 Å². The van der Waals surface area contributed by atoms with Crippen LogP contribution < -0.4 is 0 Å². The van der Waals surface area contributed by atoms with Crippen molar-refractivity contribution in [1.82, 2.24) is 0 Å². The topological polar surface area (TPSA) is 43.4 Å². The number of ether oxygens (including phenoxy) is 1. The minimum absolute atomic E-state index is 0.00111. The number of benzene rings is 1. The van der Waals surface area contributed by atoms with Crippen molar-refractivity contribution in [3.63, 3.8) is 0 Å². The predicted molar refractivity (Wildman–Crippen MR) is 108 cm³/mol. The largest absolute Gasteiger partial charge is 0.459 e. The Hall–Kier alpha value is -1.90. The van der Waals surface area contributed by atoms with Crippen LogP contribution in [0.15, 0.2) is 36.4 Å². The lowest BCUT2D eigenvalue weighted by Crippen LogP contribution is -2.53. The number of hydrogen-bond acceptors (Lipinski definition) is 3. The van der Waals surface area contributed by atoms with Crippen molar-refractivity contribution in [3.8, 4) is 0 Å². The maximum Gasteiger partial charge on any atom is 0.331 e. The Balaban J connectivity index is 1.82. The van der Waals surface area contributed by atoms with Crippen LogP contribution in [0.25, 0.3) is 6.08 Å². The van der Waals surface area contributed by atoms with Gasteiger partial charge in [-0.1, -0.05) is 57.5 Å². The molecule has 2 aliphatic carbocycles. The minimum Gasteiger partial charge on any atom is -0.459 e. The minimum atomic E-state index is -0.297. The van der Waals surface area contributed by atoms with Gasteiger partial charge in [0.05, 0.1) is 0 Å². The first-order valence-electron chi connectivity index (χ1n) is 10.3. The third kappa shape index (κ3) is 4.34. The molecule has 1 aromatic rings. The highest BCUT2D eigenvalue weighted by molar-refractivity contribution is 5.87. The Labute approximate surface area is 163 Å². The van der Waals surface area contributed by atoms with Crippen LogP contribution in [0.5, 0.6) is 0 Å². The van der Waals surface area contributed by atoms with Crippen LogP contribution in [0.4, 0.5) is 0 Å². The van der Waals surface area contributed by atoms with Gasteiger partial charge in [0.2, 0.25) is 0 Å². The molecule has 0 aromatic heterocycles.